The van der Waals surface area contributed by atoms with E-state index in [1.807, 2.05) is 43.3 Å². The fourth-order valence-corrected chi connectivity index (χ4v) is 2.20. The fourth-order valence-electron chi connectivity index (χ4n) is 2.20. The van der Waals surface area contributed by atoms with Gasteiger partial charge < -0.3 is 10.2 Å². The van der Waals surface area contributed by atoms with Gasteiger partial charge in [0.15, 0.2) is 0 Å². The van der Waals surface area contributed by atoms with Gasteiger partial charge in [-0.1, -0.05) is 18.2 Å². The largest absolute Gasteiger partial charge is 0.469 e. The van der Waals surface area contributed by atoms with Gasteiger partial charge in [0.1, 0.15) is 5.76 Å². The van der Waals surface area contributed by atoms with Crippen molar-refractivity contribution in [1.29, 1.82) is 0 Å². The second kappa shape index (κ2) is 4.27. The van der Waals surface area contributed by atoms with Crippen LogP contribution in [0.15, 0.2) is 53.3 Å². The van der Waals surface area contributed by atoms with E-state index in [2.05, 4.69) is 4.98 Å². The third-order valence-corrected chi connectivity index (χ3v) is 3.12. The van der Waals surface area contributed by atoms with E-state index in [1.54, 1.807) is 12.5 Å². The zero-order valence-electron chi connectivity index (χ0n) is 10.1. The second-order valence-electron chi connectivity index (χ2n) is 4.39. The van der Waals surface area contributed by atoms with Gasteiger partial charge in [-0.15, -0.1) is 0 Å². The van der Waals surface area contributed by atoms with Gasteiger partial charge in [0, 0.05) is 17.1 Å². The minimum atomic E-state index is -0.185. The average Bonchev–Trinajstić information content (AvgIpc) is 2.84. The van der Waals surface area contributed by atoms with E-state index in [1.165, 1.54) is 0 Å². The molecule has 2 heterocycles. The Hall–Kier alpha value is -2.13. The summed E-state index contributed by atoms with van der Waals surface area (Å²) in [4.78, 5) is 4.34. The molecule has 0 aliphatic rings. The highest BCUT2D eigenvalue weighted by molar-refractivity contribution is 5.82. The number of benzene rings is 1. The minimum absolute atomic E-state index is 0.185. The fraction of sp³-hybridized carbons (Fsp3) is 0.133. The van der Waals surface area contributed by atoms with Crippen molar-refractivity contribution >= 4 is 10.9 Å². The monoisotopic (exact) mass is 238 g/mol. The number of aromatic nitrogens is 1. The second-order valence-corrected chi connectivity index (χ2v) is 4.39. The smallest absolute Gasteiger partial charge is 0.101 e. The van der Waals surface area contributed by atoms with Gasteiger partial charge in [-0.05, 0) is 30.7 Å². The van der Waals surface area contributed by atoms with E-state index >= 15 is 0 Å². The molecule has 0 saturated carbocycles. The van der Waals surface area contributed by atoms with Crippen molar-refractivity contribution < 1.29 is 4.42 Å². The Morgan fingerprint density at radius 3 is 2.89 bits per heavy atom. The van der Waals surface area contributed by atoms with Crippen molar-refractivity contribution in [2.45, 2.75) is 13.0 Å². The molecule has 2 aromatic heterocycles. The molecule has 3 nitrogen and oxygen atoms in total. The lowest BCUT2D eigenvalue weighted by molar-refractivity contribution is 0.530. The highest BCUT2D eigenvalue weighted by Gasteiger charge is 2.14. The van der Waals surface area contributed by atoms with Gasteiger partial charge in [-0.2, -0.15) is 0 Å². The summed E-state index contributed by atoms with van der Waals surface area (Å²) in [5, 5.41) is 1.09. The summed E-state index contributed by atoms with van der Waals surface area (Å²) in [7, 11) is 0. The van der Waals surface area contributed by atoms with Crippen molar-refractivity contribution in [2.24, 2.45) is 5.73 Å². The average molecular weight is 238 g/mol. The van der Waals surface area contributed by atoms with Gasteiger partial charge in [0.2, 0.25) is 0 Å². The van der Waals surface area contributed by atoms with Gasteiger partial charge in [-0.3, -0.25) is 4.98 Å². The van der Waals surface area contributed by atoms with E-state index in [0.29, 0.717) is 0 Å². The molecule has 3 heteroatoms. The van der Waals surface area contributed by atoms with E-state index in [-0.39, 0.29) is 6.04 Å². The van der Waals surface area contributed by atoms with Crippen molar-refractivity contribution in [2.75, 3.05) is 0 Å². The molecule has 90 valence electrons. The molecule has 1 atom stereocenters. The highest BCUT2D eigenvalue weighted by atomic mass is 16.3. The molecule has 18 heavy (non-hydrogen) atoms. The Kier molecular flexibility index (Phi) is 2.61. The van der Waals surface area contributed by atoms with Gasteiger partial charge in [0.05, 0.1) is 17.8 Å². The lowest BCUT2D eigenvalue weighted by Gasteiger charge is -2.12. The summed E-state index contributed by atoms with van der Waals surface area (Å²) in [6.07, 6.45) is 3.51. The minimum Gasteiger partial charge on any atom is -0.469 e. The van der Waals surface area contributed by atoms with Crippen LogP contribution in [0.5, 0.6) is 0 Å². The number of nitrogens with two attached hydrogens (primary N) is 1. The lowest BCUT2D eigenvalue weighted by atomic mass is 9.98. The van der Waals surface area contributed by atoms with Crippen LogP contribution in [0.3, 0.4) is 0 Å². The predicted octanol–water partition coefficient (Wildman–Crippen LogP) is 3.18. The molecule has 2 N–H and O–H groups in total. The summed E-state index contributed by atoms with van der Waals surface area (Å²) in [5.74, 6) is 0.874. The highest BCUT2D eigenvalue weighted by Crippen LogP contribution is 2.27. The normalized spacial score (nSPS) is 12.8. The molecule has 1 aromatic carbocycles. The number of pyridine rings is 1. The van der Waals surface area contributed by atoms with Crippen molar-refractivity contribution in [1.82, 2.24) is 4.98 Å². The van der Waals surface area contributed by atoms with Crippen LogP contribution in [0.25, 0.3) is 10.9 Å². The van der Waals surface area contributed by atoms with E-state index in [9.17, 15) is 0 Å². The number of hydrogen-bond acceptors (Lipinski definition) is 3. The van der Waals surface area contributed by atoms with Gasteiger partial charge in [0.25, 0.3) is 0 Å². The molecule has 0 bridgehead atoms. The maximum Gasteiger partial charge on any atom is 0.101 e. The molecule has 0 fully saturated rings. The zero-order valence-corrected chi connectivity index (χ0v) is 10.1. The first-order valence-electron chi connectivity index (χ1n) is 5.90. The molecule has 0 saturated heterocycles. The maximum atomic E-state index is 6.31. The number of aryl methyl sites for hydroxylation is 1. The van der Waals surface area contributed by atoms with Gasteiger partial charge in [-0.25, -0.2) is 0 Å². The number of hydrogen-bond donors (Lipinski definition) is 1. The summed E-state index contributed by atoms with van der Waals surface area (Å²) >= 11 is 0. The van der Waals surface area contributed by atoms with Crippen LogP contribution in [0.1, 0.15) is 22.9 Å². The third kappa shape index (κ3) is 1.79. The van der Waals surface area contributed by atoms with Crippen molar-refractivity contribution in [3.63, 3.8) is 0 Å². The molecule has 1 unspecified atom stereocenters. The van der Waals surface area contributed by atoms with E-state index in [4.69, 9.17) is 10.2 Å². The molecule has 3 rings (SSSR count). The first kappa shape index (κ1) is 11.0. The first-order valence-corrected chi connectivity index (χ1v) is 5.90. The Bertz CT molecular complexity index is 682. The molecule has 0 amide bonds. The number of nitrogens with zero attached hydrogens (tertiary/aromatic N) is 1. The summed E-state index contributed by atoms with van der Waals surface area (Å²) in [5.41, 5.74) is 9.33. The molecule has 0 aliphatic carbocycles. The van der Waals surface area contributed by atoms with Crippen LogP contribution >= 0.6 is 0 Å². The zero-order chi connectivity index (χ0) is 12.5. The van der Waals surface area contributed by atoms with E-state index in [0.717, 1.165) is 27.8 Å². The molecule has 3 aromatic rings. The maximum absolute atomic E-state index is 6.31. The Morgan fingerprint density at radius 1 is 1.22 bits per heavy atom. The molecular formula is C15H14N2O. The Morgan fingerprint density at radius 2 is 2.11 bits per heavy atom. The summed E-state index contributed by atoms with van der Waals surface area (Å²) < 4.78 is 5.32. The molecule has 0 radical (unpaired) electrons. The summed E-state index contributed by atoms with van der Waals surface area (Å²) in [6, 6.07) is 11.8. The third-order valence-electron chi connectivity index (χ3n) is 3.12. The topological polar surface area (TPSA) is 52.0 Å². The molecule has 0 aliphatic heterocycles. The lowest BCUT2D eigenvalue weighted by Crippen LogP contribution is -2.11. The van der Waals surface area contributed by atoms with Gasteiger partial charge >= 0.3 is 0 Å². The van der Waals surface area contributed by atoms with Crippen LogP contribution in [0.4, 0.5) is 0 Å². The van der Waals surface area contributed by atoms with Crippen molar-refractivity contribution in [3.05, 3.63) is 65.7 Å². The quantitative estimate of drug-likeness (QED) is 0.746. The molecule has 0 spiro atoms. The summed E-state index contributed by atoms with van der Waals surface area (Å²) in [6.45, 7) is 1.92. The number of furan rings is 1. The Balaban J connectivity index is 2.14. The van der Waals surface area contributed by atoms with Crippen LogP contribution in [0, 0.1) is 6.92 Å². The SMILES string of the molecule is Cc1cc(C(N)c2cccc3ncccc23)co1. The predicted molar refractivity (Wildman–Crippen MR) is 71.2 cm³/mol. The van der Waals surface area contributed by atoms with Crippen LogP contribution in [-0.2, 0) is 0 Å². The molecular weight excluding hydrogens is 224 g/mol. The van der Waals surface area contributed by atoms with E-state index < -0.39 is 0 Å². The van der Waals surface area contributed by atoms with Crippen LogP contribution < -0.4 is 5.73 Å². The van der Waals surface area contributed by atoms with Crippen LogP contribution in [0.2, 0.25) is 0 Å². The number of rotatable bonds is 2. The van der Waals surface area contributed by atoms with Crippen molar-refractivity contribution in [3.8, 4) is 0 Å². The number of fused-ring (bicyclic) bond motifs is 1. The first-order chi connectivity index (χ1) is 8.75. The Labute approximate surface area is 105 Å². The standard InChI is InChI=1S/C15H14N2O/c1-10-8-11(9-18-10)15(16)13-4-2-6-14-12(13)5-3-7-17-14/h2-9,15H,16H2,1H3. The van der Waals surface area contributed by atoms with Crippen LogP contribution in [-0.4, -0.2) is 4.98 Å².